The first kappa shape index (κ1) is 10.3. The summed E-state index contributed by atoms with van der Waals surface area (Å²) in [5.74, 6) is 0.368. The van der Waals surface area contributed by atoms with Gasteiger partial charge in [-0.1, -0.05) is 6.92 Å². The highest BCUT2D eigenvalue weighted by Gasteiger charge is 2.29. The summed E-state index contributed by atoms with van der Waals surface area (Å²) in [7, 11) is 0. The Bertz CT molecular complexity index is 378. The zero-order valence-corrected chi connectivity index (χ0v) is 8.74. The van der Waals surface area contributed by atoms with Crippen LogP contribution in [0.3, 0.4) is 0 Å². The van der Waals surface area contributed by atoms with Gasteiger partial charge in [0.05, 0.1) is 6.20 Å². The average Bonchev–Trinajstić information content (AvgIpc) is 2.23. The molecular weight excluding hydrogens is 193 g/mol. The molecule has 1 saturated carbocycles. The van der Waals surface area contributed by atoms with Crippen molar-refractivity contribution < 1.29 is 9.18 Å². The second kappa shape index (κ2) is 4.09. The van der Waals surface area contributed by atoms with Crippen LogP contribution in [-0.4, -0.2) is 10.8 Å². The smallest absolute Gasteiger partial charge is 0.144 e. The molecule has 0 aromatic carbocycles. The molecule has 15 heavy (non-hydrogen) atoms. The first-order valence-corrected chi connectivity index (χ1v) is 5.29. The van der Waals surface area contributed by atoms with E-state index in [9.17, 15) is 9.18 Å². The van der Waals surface area contributed by atoms with E-state index in [1.54, 1.807) is 12.3 Å². The molecule has 2 unspecified atom stereocenters. The molecule has 1 aliphatic carbocycles. The zero-order valence-electron chi connectivity index (χ0n) is 8.74. The lowest BCUT2D eigenvalue weighted by Crippen LogP contribution is -2.22. The zero-order chi connectivity index (χ0) is 10.8. The maximum Gasteiger partial charge on any atom is 0.144 e. The molecule has 0 amide bonds. The number of carbonyl (C=O) groups excluding carboxylic acids is 1. The lowest BCUT2D eigenvalue weighted by Gasteiger charge is -2.28. The van der Waals surface area contributed by atoms with Crippen molar-refractivity contribution >= 4 is 5.78 Å². The van der Waals surface area contributed by atoms with Crippen molar-refractivity contribution in [3.8, 4) is 0 Å². The molecule has 0 spiro atoms. The molecule has 2 atom stereocenters. The average molecular weight is 207 g/mol. The van der Waals surface area contributed by atoms with Crippen LogP contribution in [0.2, 0.25) is 0 Å². The van der Waals surface area contributed by atoms with Crippen LogP contribution in [0, 0.1) is 11.7 Å². The minimum atomic E-state index is -0.288. The Morgan fingerprint density at radius 1 is 1.53 bits per heavy atom. The monoisotopic (exact) mass is 207 g/mol. The fraction of sp³-hybridized carbons (Fsp3) is 0.500. The predicted octanol–water partition coefficient (Wildman–Crippen LogP) is 2.69. The van der Waals surface area contributed by atoms with Gasteiger partial charge in [-0.05, 0) is 29.9 Å². The van der Waals surface area contributed by atoms with E-state index >= 15 is 0 Å². The van der Waals surface area contributed by atoms with Crippen molar-refractivity contribution in [3.05, 3.63) is 29.8 Å². The Hall–Kier alpha value is -1.25. The first-order chi connectivity index (χ1) is 7.18. The van der Waals surface area contributed by atoms with Crippen LogP contribution >= 0.6 is 0 Å². The molecule has 1 heterocycles. The molecule has 0 bridgehead atoms. The van der Waals surface area contributed by atoms with E-state index in [1.807, 2.05) is 0 Å². The van der Waals surface area contributed by atoms with E-state index < -0.39 is 0 Å². The van der Waals surface area contributed by atoms with Gasteiger partial charge in [-0.25, -0.2) is 4.39 Å². The third-order valence-corrected chi connectivity index (χ3v) is 3.22. The number of pyridine rings is 1. The van der Waals surface area contributed by atoms with Gasteiger partial charge in [0, 0.05) is 19.0 Å². The standard InChI is InChI=1S/C12H14FNO/c1-8-2-3-9(15)6-11(8)10-4-5-14-7-12(10)13/h4-5,7-8,11H,2-3,6H2,1H3. The number of rotatable bonds is 1. The maximum atomic E-state index is 13.5. The Morgan fingerprint density at radius 2 is 2.33 bits per heavy atom. The summed E-state index contributed by atoms with van der Waals surface area (Å²) >= 11 is 0. The van der Waals surface area contributed by atoms with E-state index in [0.29, 0.717) is 24.3 Å². The van der Waals surface area contributed by atoms with Crippen molar-refractivity contribution in [2.24, 2.45) is 5.92 Å². The van der Waals surface area contributed by atoms with Gasteiger partial charge in [-0.15, -0.1) is 0 Å². The number of aromatic nitrogens is 1. The number of halogens is 1. The number of hydrogen-bond donors (Lipinski definition) is 0. The van der Waals surface area contributed by atoms with Crippen molar-refractivity contribution in [2.75, 3.05) is 0 Å². The normalized spacial score (nSPS) is 26.7. The van der Waals surface area contributed by atoms with Crippen LogP contribution < -0.4 is 0 Å². The topological polar surface area (TPSA) is 30.0 Å². The lowest BCUT2D eigenvalue weighted by molar-refractivity contribution is -0.121. The van der Waals surface area contributed by atoms with Crippen LogP contribution in [0.1, 0.15) is 37.7 Å². The molecule has 1 aromatic rings. The Morgan fingerprint density at radius 3 is 3.07 bits per heavy atom. The van der Waals surface area contributed by atoms with Gasteiger partial charge < -0.3 is 0 Å². The summed E-state index contributed by atoms with van der Waals surface area (Å²) in [6.45, 7) is 2.08. The molecule has 1 fully saturated rings. The molecule has 2 rings (SSSR count). The van der Waals surface area contributed by atoms with Crippen LogP contribution in [-0.2, 0) is 4.79 Å². The van der Waals surface area contributed by atoms with E-state index in [0.717, 1.165) is 6.42 Å². The molecule has 2 nitrogen and oxygen atoms in total. The molecule has 80 valence electrons. The van der Waals surface area contributed by atoms with Crippen LogP contribution in [0.5, 0.6) is 0 Å². The van der Waals surface area contributed by atoms with Gasteiger partial charge in [0.2, 0.25) is 0 Å². The second-order valence-electron chi connectivity index (χ2n) is 4.26. The highest BCUT2D eigenvalue weighted by Crippen LogP contribution is 2.36. The highest BCUT2D eigenvalue weighted by molar-refractivity contribution is 5.80. The lowest BCUT2D eigenvalue weighted by atomic mass is 9.76. The van der Waals surface area contributed by atoms with Gasteiger partial charge in [-0.2, -0.15) is 0 Å². The minimum Gasteiger partial charge on any atom is -0.300 e. The summed E-state index contributed by atoms with van der Waals surface area (Å²) in [6.07, 6.45) is 4.79. The second-order valence-corrected chi connectivity index (χ2v) is 4.26. The Labute approximate surface area is 88.5 Å². The fourth-order valence-corrected chi connectivity index (χ4v) is 2.24. The van der Waals surface area contributed by atoms with Crippen LogP contribution in [0.15, 0.2) is 18.5 Å². The Kier molecular flexibility index (Phi) is 2.80. The number of hydrogen-bond acceptors (Lipinski definition) is 2. The third kappa shape index (κ3) is 2.06. The van der Waals surface area contributed by atoms with Crippen molar-refractivity contribution in [1.29, 1.82) is 0 Å². The van der Waals surface area contributed by atoms with Gasteiger partial charge in [-0.3, -0.25) is 9.78 Å². The molecule has 1 aromatic heterocycles. The summed E-state index contributed by atoms with van der Waals surface area (Å²) in [5.41, 5.74) is 0.644. The molecule has 1 aliphatic rings. The van der Waals surface area contributed by atoms with E-state index in [-0.39, 0.29) is 17.5 Å². The van der Waals surface area contributed by atoms with E-state index in [4.69, 9.17) is 0 Å². The van der Waals surface area contributed by atoms with Gasteiger partial charge >= 0.3 is 0 Å². The fourth-order valence-electron chi connectivity index (χ4n) is 2.24. The predicted molar refractivity (Wildman–Crippen MR) is 55.0 cm³/mol. The summed E-state index contributed by atoms with van der Waals surface area (Å²) in [4.78, 5) is 15.1. The Balaban J connectivity index is 2.29. The number of nitrogens with zero attached hydrogens (tertiary/aromatic N) is 1. The summed E-state index contributed by atoms with van der Waals surface area (Å²) < 4.78 is 13.5. The number of Topliss-reactive ketones (excluding diaryl/α,β-unsaturated/α-hetero) is 1. The van der Waals surface area contributed by atoms with Crippen molar-refractivity contribution in [1.82, 2.24) is 4.98 Å². The quantitative estimate of drug-likeness (QED) is 0.708. The number of carbonyl (C=O) groups is 1. The molecule has 0 N–H and O–H groups in total. The third-order valence-electron chi connectivity index (χ3n) is 3.22. The minimum absolute atomic E-state index is 0.0363. The molecular formula is C12H14FNO. The summed E-state index contributed by atoms with van der Waals surface area (Å²) in [6, 6.07) is 1.69. The van der Waals surface area contributed by atoms with E-state index in [2.05, 4.69) is 11.9 Å². The van der Waals surface area contributed by atoms with Gasteiger partial charge in [0.15, 0.2) is 0 Å². The SMILES string of the molecule is CC1CCC(=O)CC1c1ccncc1F. The largest absolute Gasteiger partial charge is 0.300 e. The molecule has 0 radical (unpaired) electrons. The maximum absolute atomic E-state index is 13.5. The summed E-state index contributed by atoms with van der Waals surface area (Å²) in [5, 5.41) is 0. The van der Waals surface area contributed by atoms with E-state index in [1.165, 1.54) is 6.20 Å². The molecule has 0 aliphatic heterocycles. The van der Waals surface area contributed by atoms with Crippen LogP contribution in [0.4, 0.5) is 4.39 Å². The van der Waals surface area contributed by atoms with Crippen molar-refractivity contribution in [3.63, 3.8) is 0 Å². The number of ketones is 1. The molecule has 3 heteroatoms. The van der Waals surface area contributed by atoms with Gasteiger partial charge in [0.1, 0.15) is 11.6 Å². The highest BCUT2D eigenvalue weighted by atomic mass is 19.1. The van der Waals surface area contributed by atoms with Crippen LogP contribution in [0.25, 0.3) is 0 Å². The first-order valence-electron chi connectivity index (χ1n) is 5.29. The van der Waals surface area contributed by atoms with Gasteiger partial charge in [0.25, 0.3) is 0 Å². The molecule has 0 saturated heterocycles. The van der Waals surface area contributed by atoms with Crippen molar-refractivity contribution in [2.45, 2.75) is 32.1 Å².